The van der Waals surface area contributed by atoms with E-state index in [0.717, 1.165) is 4.31 Å². The molecule has 1 heterocycles. The number of benzene rings is 1. The molecule has 0 saturated heterocycles. The normalized spacial score (nSPS) is 11.1. The van der Waals surface area contributed by atoms with Crippen LogP contribution in [0.15, 0.2) is 53.6 Å². The number of hydrogen-bond donors (Lipinski definition) is 0. The summed E-state index contributed by atoms with van der Waals surface area (Å²) in [7, 11) is -2.11. The zero-order chi connectivity index (χ0) is 12.3. The van der Waals surface area contributed by atoms with Gasteiger partial charge in [0.2, 0.25) is 0 Å². The van der Waals surface area contributed by atoms with Crippen LogP contribution in [-0.2, 0) is 10.0 Å². The lowest BCUT2D eigenvalue weighted by molar-refractivity contribution is 0.594. The fourth-order valence-electron chi connectivity index (χ4n) is 1.35. The minimum atomic E-state index is -3.58. The summed E-state index contributed by atoms with van der Waals surface area (Å²) in [6, 6.07) is 14.3. The van der Waals surface area contributed by atoms with Crippen LogP contribution in [-0.4, -0.2) is 20.4 Å². The van der Waals surface area contributed by atoms with Gasteiger partial charge in [0.15, 0.2) is 0 Å². The number of hydrogen-bond acceptors (Lipinski definition) is 3. The maximum atomic E-state index is 12.2. The second-order valence-electron chi connectivity index (χ2n) is 3.39. The van der Waals surface area contributed by atoms with Gasteiger partial charge in [-0.2, -0.15) is 0 Å². The van der Waals surface area contributed by atoms with E-state index < -0.39 is 10.0 Å². The highest BCUT2D eigenvalue weighted by molar-refractivity contribution is 7.92. The molecule has 0 bridgehead atoms. The SMILES string of the molecule is CN(c1ccccn1)S(=O)(=O)c1[c]cccc1. The Hall–Kier alpha value is -1.88. The second-order valence-corrected chi connectivity index (χ2v) is 5.32. The van der Waals surface area contributed by atoms with E-state index in [1.54, 1.807) is 42.6 Å². The van der Waals surface area contributed by atoms with E-state index in [1.165, 1.54) is 13.1 Å². The summed E-state index contributed by atoms with van der Waals surface area (Å²) < 4.78 is 25.5. The highest BCUT2D eigenvalue weighted by atomic mass is 32.2. The number of sulfonamides is 1. The molecule has 2 aromatic rings. The van der Waals surface area contributed by atoms with E-state index in [0.29, 0.717) is 5.82 Å². The molecule has 0 amide bonds. The average molecular weight is 247 g/mol. The first-order valence-corrected chi connectivity index (χ1v) is 6.43. The van der Waals surface area contributed by atoms with E-state index in [9.17, 15) is 8.42 Å². The van der Waals surface area contributed by atoms with Crippen molar-refractivity contribution in [2.45, 2.75) is 4.90 Å². The molecule has 1 aromatic carbocycles. The van der Waals surface area contributed by atoms with E-state index in [1.807, 2.05) is 0 Å². The Labute approximate surface area is 101 Å². The second kappa shape index (κ2) is 4.55. The van der Waals surface area contributed by atoms with Crippen LogP contribution in [0.1, 0.15) is 0 Å². The summed E-state index contributed by atoms with van der Waals surface area (Å²) in [5.74, 6) is 0.379. The summed E-state index contributed by atoms with van der Waals surface area (Å²) in [6.07, 6.45) is 1.55. The molecule has 0 aliphatic heterocycles. The van der Waals surface area contributed by atoms with Gasteiger partial charge in [0, 0.05) is 19.3 Å². The van der Waals surface area contributed by atoms with Gasteiger partial charge in [-0.25, -0.2) is 13.4 Å². The van der Waals surface area contributed by atoms with Crippen LogP contribution in [0.25, 0.3) is 0 Å². The number of pyridine rings is 1. The molecule has 5 heteroatoms. The molecule has 0 saturated carbocycles. The Kier molecular flexibility index (Phi) is 3.10. The van der Waals surface area contributed by atoms with Crippen LogP contribution in [0, 0.1) is 6.07 Å². The standard InChI is InChI=1S/C12H11N2O2S/c1-14(12-9-5-6-10-13-12)17(15,16)11-7-3-2-4-8-11/h2-7,9-10H,1H3. The average Bonchev–Trinajstić information content (AvgIpc) is 2.40. The molecule has 2 rings (SSSR count). The third kappa shape index (κ3) is 2.29. The van der Waals surface area contributed by atoms with Crippen molar-refractivity contribution in [1.82, 2.24) is 4.98 Å². The predicted molar refractivity (Wildman–Crippen MR) is 65.1 cm³/mol. The van der Waals surface area contributed by atoms with Gasteiger partial charge in [0.1, 0.15) is 5.82 Å². The van der Waals surface area contributed by atoms with Crippen molar-refractivity contribution in [2.75, 3.05) is 11.4 Å². The lowest BCUT2D eigenvalue weighted by Crippen LogP contribution is -2.27. The summed E-state index contributed by atoms with van der Waals surface area (Å²) in [5.41, 5.74) is 0. The van der Waals surface area contributed by atoms with Gasteiger partial charge in [-0.05, 0) is 18.2 Å². The number of aromatic nitrogens is 1. The van der Waals surface area contributed by atoms with Crippen LogP contribution in [0.3, 0.4) is 0 Å². The Morgan fingerprint density at radius 3 is 2.53 bits per heavy atom. The van der Waals surface area contributed by atoms with Gasteiger partial charge in [-0.3, -0.25) is 4.31 Å². The van der Waals surface area contributed by atoms with Crippen molar-refractivity contribution in [2.24, 2.45) is 0 Å². The smallest absolute Gasteiger partial charge is 0.253 e. The van der Waals surface area contributed by atoms with Crippen LogP contribution < -0.4 is 4.31 Å². The molecule has 0 unspecified atom stereocenters. The maximum absolute atomic E-state index is 12.2. The summed E-state index contributed by atoms with van der Waals surface area (Å²) >= 11 is 0. The maximum Gasteiger partial charge on any atom is 0.265 e. The first-order chi connectivity index (χ1) is 8.12. The number of nitrogens with zero attached hydrogens (tertiary/aromatic N) is 2. The van der Waals surface area contributed by atoms with Gasteiger partial charge in [0.05, 0.1) is 4.90 Å². The van der Waals surface area contributed by atoms with Crippen molar-refractivity contribution in [3.8, 4) is 0 Å². The molecule has 1 radical (unpaired) electrons. The topological polar surface area (TPSA) is 50.3 Å². The molecule has 0 atom stereocenters. The summed E-state index contributed by atoms with van der Waals surface area (Å²) in [6.45, 7) is 0. The van der Waals surface area contributed by atoms with E-state index >= 15 is 0 Å². The molecule has 0 fully saturated rings. The minimum absolute atomic E-state index is 0.133. The van der Waals surface area contributed by atoms with Gasteiger partial charge in [-0.1, -0.05) is 24.3 Å². The molecule has 17 heavy (non-hydrogen) atoms. The first-order valence-electron chi connectivity index (χ1n) is 4.99. The van der Waals surface area contributed by atoms with E-state index in [2.05, 4.69) is 11.1 Å². The summed E-state index contributed by atoms with van der Waals surface area (Å²) in [4.78, 5) is 4.14. The Bertz CT molecular complexity index is 582. The molecule has 87 valence electrons. The van der Waals surface area contributed by atoms with E-state index in [-0.39, 0.29) is 4.90 Å². The van der Waals surface area contributed by atoms with Crippen molar-refractivity contribution in [3.63, 3.8) is 0 Å². The fourth-order valence-corrected chi connectivity index (χ4v) is 2.46. The molecule has 4 nitrogen and oxygen atoms in total. The highest BCUT2D eigenvalue weighted by Gasteiger charge is 2.21. The largest absolute Gasteiger partial charge is 0.265 e. The molecule has 0 N–H and O–H groups in total. The van der Waals surface area contributed by atoms with Crippen LogP contribution in [0.2, 0.25) is 0 Å². The lowest BCUT2D eigenvalue weighted by atomic mass is 10.4. The molecular formula is C12H11N2O2S. The fraction of sp³-hybridized carbons (Fsp3) is 0.0833. The molecule has 0 spiro atoms. The van der Waals surface area contributed by atoms with Gasteiger partial charge in [0.25, 0.3) is 10.0 Å². The molecule has 0 aliphatic rings. The van der Waals surface area contributed by atoms with Crippen LogP contribution in [0.5, 0.6) is 0 Å². The third-order valence-corrected chi connectivity index (χ3v) is 4.01. The third-order valence-electron chi connectivity index (χ3n) is 2.29. The van der Waals surface area contributed by atoms with E-state index in [4.69, 9.17) is 0 Å². The van der Waals surface area contributed by atoms with Crippen LogP contribution in [0.4, 0.5) is 5.82 Å². The Balaban J connectivity index is 2.41. The monoisotopic (exact) mass is 247 g/mol. The van der Waals surface area contributed by atoms with Crippen molar-refractivity contribution in [3.05, 3.63) is 54.7 Å². The quantitative estimate of drug-likeness (QED) is 0.829. The zero-order valence-corrected chi connectivity index (χ0v) is 10.1. The first kappa shape index (κ1) is 11.6. The zero-order valence-electron chi connectivity index (χ0n) is 9.24. The van der Waals surface area contributed by atoms with Gasteiger partial charge < -0.3 is 0 Å². The van der Waals surface area contributed by atoms with Gasteiger partial charge in [-0.15, -0.1) is 0 Å². The lowest BCUT2D eigenvalue weighted by Gasteiger charge is -2.17. The Morgan fingerprint density at radius 2 is 1.94 bits per heavy atom. The molecular weight excluding hydrogens is 236 g/mol. The predicted octanol–water partition coefficient (Wildman–Crippen LogP) is 1.71. The van der Waals surface area contributed by atoms with Crippen molar-refractivity contribution in [1.29, 1.82) is 0 Å². The highest BCUT2D eigenvalue weighted by Crippen LogP contribution is 2.18. The number of rotatable bonds is 3. The van der Waals surface area contributed by atoms with Crippen molar-refractivity contribution >= 4 is 15.8 Å². The molecule has 1 aromatic heterocycles. The Morgan fingerprint density at radius 1 is 1.18 bits per heavy atom. The van der Waals surface area contributed by atoms with Gasteiger partial charge >= 0.3 is 0 Å². The summed E-state index contributed by atoms with van der Waals surface area (Å²) in [5, 5.41) is 0. The minimum Gasteiger partial charge on any atom is -0.253 e. The van der Waals surface area contributed by atoms with Crippen LogP contribution >= 0.6 is 0 Å². The molecule has 0 aliphatic carbocycles. The van der Waals surface area contributed by atoms with Crippen molar-refractivity contribution < 1.29 is 8.42 Å². The number of anilines is 1.